The van der Waals surface area contributed by atoms with Crippen molar-refractivity contribution in [2.75, 3.05) is 0 Å². The van der Waals surface area contributed by atoms with Crippen LogP contribution in [0.3, 0.4) is 0 Å². The summed E-state index contributed by atoms with van der Waals surface area (Å²) in [7, 11) is -3.83. The molecule has 0 spiro atoms. The molecular weight excluding hydrogens is 332 g/mol. The van der Waals surface area contributed by atoms with Crippen LogP contribution in [0, 0.1) is 0 Å². The lowest BCUT2D eigenvalue weighted by molar-refractivity contribution is 0.459. The van der Waals surface area contributed by atoms with E-state index in [-0.39, 0.29) is 14.9 Å². The van der Waals surface area contributed by atoms with E-state index >= 15 is 0 Å². The maximum absolute atomic E-state index is 12.4. The lowest BCUT2D eigenvalue weighted by atomic mass is 10.2. The van der Waals surface area contributed by atoms with Crippen molar-refractivity contribution in [2.24, 2.45) is 5.73 Å². The number of halogens is 1. The van der Waals surface area contributed by atoms with Gasteiger partial charge in [-0.15, -0.1) is 0 Å². The van der Waals surface area contributed by atoms with Crippen molar-refractivity contribution >= 4 is 38.8 Å². The molecule has 1 aromatic heterocycles. The van der Waals surface area contributed by atoms with Crippen LogP contribution in [0.5, 0.6) is 0 Å². The molecule has 0 aliphatic rings. The summed E-state index contributed by atoms with van der Waals surface area (Å²) in [5.41, 5.74) is 5.94. The van der Waals surface area contributed by atoms with E-state index in [4.69, 9.17) is 34.0 Å². The van der Waals surface area contributed by atoms with Gasteiger partial charge in [-0.2, -0.15) is 0 Å². The fourth-order valence-electron chi connectivity index (χ4n) is 1.75. The summed E-state index contributed by atoms with van der Waals surface area (Å²) >= 11 is 10.8. The topological polar surface area (TPSA) is 85.3 Å². The second-order valence-electron chi connectivity index (χ2n) is 4.37. The van der Waals surface area contributed by atoms with Crippen molar-refractivity contribution in [3.05, 3.63) is 52.9 Å². The third-order valence-electron chi connectivity index (χ3n) is 2.81. The minimum absolute atomic E-state index is 0.0760. The van der Waals surface area contributed by atoms with Crippen molar-refractivity contribution in [1.29, 1.82) is 0 Å². The van der Waals surface area contributed by atoms with E-state index in [0.29, 0.717) is 11.3 Å². The zero-order valence-corrected chi connectivity index (χ0v) is 13.4. The molecule has 3 N–H and O–H groups in total. The van der Waals surface area contributed by atoms with Crippen LogP contribution in [0.15, 0.2) is 45.9 Å². The molecule has 0 radical (unpaired) electrons. The Balaban J connectivity index is 2.35. The van der Waals surface area contributed by atoms with Gasteiger partial charge in [-0.1, -0.05) is 29.9 Å². The number of hydrogen-bond donors (Lipinski definition) is 2. The predicted molar refractivity (Wildman–Crippen MR) is 84.8 cm³/mol. The number of hydrogen-bond acceptors (Lipinski definition) is 4. The van der Waals surface area contributed by atoms with Crippen LogP contribution in [0.4, 0.5) is 0 Å². The first-order chi connectivity index (χ1) is 9.81. The van der Waals surface area contributed by atoms with Crippen LogP contribution >= 0.6 is 23.8 Å². The molecule has 0 saturated heterocycles. The van der Waals surface area contributed by atoms with Crippen molar-refractivity contribution in [3.63, 3.8) is 0 Å². The van der Waals surface area contributed by atoms with Crippen LogP contribution in [-0.2, 0) is 10.0 Å². The van der Waals surface area contributed by atoms with Gasteiger partial charge in [0.1, 0.15) is 15.6 Å². The number of rotatable bonds is 5. The molecule has 21 heavy (non-hydrogen) atoms. The van der Waals surface area contributed by atoms with Crippen molar-refractivity contribution < 1.29 is 12.8 Å². The minimum atomic E-state index is -3.83. The van der Waals surface area contributed by atoms with Gasteiger partial charge in [0.25, 0.3) is 0 Å². The lowest BCUT2D eigenvalue weighted by Gasteiger charge is -2.13. The summed E-state index contributed by atoms with van der Waals surface area (Å²) in [6.07, 6.45) is 1.47. The molecule has 0 aliphatic carbocycles. The number of sulfonamides is 1. The van der Waals surface area contributed by atoms with E-state index in [9.17, 15) is 8.42 Å². The molecule has 2 aromatic rings. The van der Waals surface area contributed by atoms with Gasteiger partial charge < -0.3 is 10.2 Å². The summed E-state index contributed by atoms with van der Waals surface area (Å²) in [5, 5.41) is 0.0918. The van der Waals surface area contributed by atoms with E-state index in [1.165, 1.54) is 18.4 Å². The van der Waals surface area contributed by atoms with Gasteiger partial charge >= 0.3 is 0 Å². The molecule has 0 aliphatic heterocycles. The average Bonchev–Trinajstić information content (AvgIpc) is 2.92. The first-order valence-electron chi connectivity index (χ1n) is 5.96. The Hall–Kier alpha value is -1.41. The maximum atomic E-state index is 12.4. The number of nitrogens with two attached hydrogens (primary N) is 1. The Bertz CT molecular complexity index is 758. The van der Waals surface area contributed by atoms with Gasteiger partial charge in [0.05, 0.1) is 17.3 Å². The zero-order valence-electron chi connectivity index (χ0n) is 11.0. The minimum Gasteiger partial charge on any atom is -0.468 e. The normalized spacial score (nSPS) is 13.0. The Morgan fingerprint density at radius 2 is 2.14 bits per heavy atom. The Kier molecular flexibility index (Phi) is 4.67. The molecule has 1 aromatic carbocycles. The van der Waals surface area contributed by atoms with Gasteiger partial charge in [-0.3, -0.25) is 0 Å². The van der Waals surface area contributed by atoms with Gasteiger partial charge in [0, 0.05) is 5.56 Å². The molecule has 0 fully saturated rings. The maximum Gasteiger partial charge on any atom is 0.242 e. The number of nitrogens with one attached hydrogen (secondary N) is 1. The SMILES string of the molecule is CC(NS(=O)(=O)c1cc(C(N)=S)ccc1Cl)c1ccco1. The standard InChI is InChI=1S/C13H13ClN2O3S2/c1-8(11-3-2-6-19-11)16-21(17,18)12-7-9(13(15)20)4-5-10(12)14/h2-8,16H,1H3,(H2,15,20). The molecule has 0 saturated carbocycles. The first-order valence-corrected chi connectivity index (χ1v) is 8.23. The van der Waals surface area contributed by atoms with Crippen LogP contribution in [0.25, 0.3) is 0 Å². The molecule has 5 nitrogen and oxygen atoms in total. The van der Waals surface area contributed by atoms with Crippen molar-refractivity contribution in [2.45, 2.75) is 17.9 Å². The van der Waals surface area contributed by atoms with Gasteiger partial charge in [0.2, 0.25) is 10.0 Å². The summed E-state index contributed by atoms with van der Waals surface area (Å²) < 4.78 is 32.5. The third kappa shape index (κ3) is 3.62. The van der Waals surface area contributed by atoms with Crippen molar-refractivity contribution in [1.82, 2.24) is 4.72 Å². The zero-order chi connectivity index (χ0) is 15.6. The van der Waals surface area contributed by atoms with Gasteiger partial charge in [-0.05, 0) is 31.2 Å². The third-order valence-corrected chi connectivity index (χ3v) is 5.07. The largest absolute Gasteiger partial charge is 0.468 e. The molecular formula is C13H13ClN2O3S2. The Morgan fingerprint density at radius 1 is 1.43 bits per heavy atom. The van der Waals surface area contributed by atoms with Gasteiger partial charge in [0.15, 0.2) is 0 Å². The van der Waals surface area contributed by atoms with E-state index in [2.05, 4.69) is 4.72 Å². The highest BCUT2D eigenvalue weighted by molar-refractivity contribution is 7.89. The molecule has 1 atom stereocenters. The number of thiocarbonyl (C=S) groups is 1. The molecule has 1 unspecified atom stereocenters. The highest BCUT2D eigenvalue weighted by Gasteiger charge is 2.23. The van der Waals surface area contributed by atoms with Crippen molar-refractivity contribution in [3.8, 4) is 0 Å². The Labute approximate surface area is 133 Å². The van der Waals surface area contributed by atoms with Crippen LogP contribution in [0.1, 0.15) is 24.3 Å². The lowest BCUT2D eigenvalue weighted by Crippen LogP contribution is -2.27. The summed E-state index contributed by atoms with van der Waals surface area (Å²) in [5.74, 6) is 0.500. The molecule has 0 bridgehead atoms. The molecule has 2 rings (SSSR count). The molecule has 112 valence electrons. The second-order valence-corrected chi connectivity index (χ2v) is 6.90. The average molecular weight is 345 g/mol. The quantitative estimate of drug-likeness (QED) is 0.814. The number of furan rings is 1. The smallest absolute Gasteiger partial charge is 0.242 e. The molecule has 1 heterocycles. The summed E-state index contributed by atoms with van der Waals surface area (Å²) in [4.78, 5) is 0.0232. The van der Waals surface area contributed by atoms with Crippen LogP contribution in [-0.4, -0.2) is 13.4 Å². The number of benzene rings is 1. The highest BCUT2D eigenvalue weighted by Crippen LogP contribution is 2.25. The van der Waals surface area contributed by atoms with Crippen LogP contribution < -0.4 is 10.5 Å². The summed E-state index contributed by atoms with van der Waals surface area (Å²) in [6.45, 7) is 1.67. The Morgan fingerprint density at radius 3 is 2.71 bits per heavy atom. The summed E-state index contributed by atoms with van der Waals surface area (Å²) in [6, 6.07) is 7.19. The molecule has 8 heteroatoms. The highest BCUT2D eigenvalue weighted by atomic mass is 35.5. The van der Waals surface area contributed by atoms with E-state index in [1.807, 2.05) is 0 Å². The van der Waals surface area contributed by atoms with E-state index in [0.717, 1.165) is 0 Å². The van der Waals surface area contributed by atoms with Gasteiger partial charge in [-0.25, -0.2) is 13.1 Å². The molecule has 0 amide bonds. The fourth-order valence-corrected chi connectivity index (χ4v) is 3.62. The fraction of sp³-hybridized carbons (Fsp3) is 0.154. The van der Waals surface area contributed by atoms with Crippen LogP contribution in [0.2, 0.25) is 5.02 Å². The second kappa shape index (κ2) is 6.15. The first kappa shape index (κ1) is 16.0. The van der Waals surface area contributed by atoms with E-state index < -0.39 is 16.1 Å². The predicted octanol–water partition coefficient (Wildman–Crippen LogP) is 2.61. The van der Waals surface area contributed by atoms with E-state index in [1.54, 1.807) is 25.1 Å². The monoisotopic (exact) mass is 344 g/mol.